The summed E-state index contributed by atoms with van der Waals surface area (Å²) in [6.45, 7) is 2.07. The van der Waals surface area contributed by atoms with Gasteiger partial charge in [0.2, 0.25) is 0 Å². The van der Waals surface area contributed by atoms with E-state index in [1.54, 1.807) is 0 Å². The Kier molecular flexibility index (Phi) is 1.96. The maximum absolute atomic E-state index is 4.31. The molecule has 0 aliphatic carbocycles. The van der Waals surface area contributed by atoms with Gasteiger partial charge in [0.15, 0.2) is 3.83 Å². The molecule has 60 valence electrons. The Labute approximate surface area is 84.2 Å². The molecule has 0 atom stereocenters. The Morgan fingerprint density at radius 1 is 1.33 bits per heavy atom. The lowest BCUT2D eigenvalue weighted by Crippen LogP contribution is -1.88. The van der Waals surface area contributed by atoms with Crippen molar-refractivity contribution >= 4 is 33.5 Å². The highest BCUT2D eigenvalue weighted by atomic mass is 127. The molecule has 3 heteroatoms. The summed E-state index contributed by atoms with van der Waals surface area (Å²) >= 11 is 2.12. The van der Waals surface area contributed by atoms with E-state index in [4.69, 9.17) is 0 Å². The molecule has 2 nitrogen and oxygen atoms in total. The quantitative estimate of drug-likeness (QED) is 0.543. The van der Waals surface area contributed by atoms with Crippen LogP contribution in [0.2, 0.25) is 0 Å². The molecule has 2 rings (SSSR count). The molecular weight excluding hydrogens is 263 g/mol. The van der Waals surface area contributed by atoms with E-state index in [9.17, 15) is 0 Å². The summed E-state index contributed by atoms with van der Waals surface area (Å²) in [5, 5.41) is 1.14. The Morgan fingerprint density at radius 3 is 3.00 bits per heavy atom. The predicted octanol–water partition coefficient (Wildman–Crippen LogP) is 2.54. The molecule has 0 fully saturated rings. The van der Waals surface area contributed by atoms with E-state index < -0.39 is 0 Å². The molecule has 0 aliphatic rings. The lowest BCUT2D eigenvalue weighted by Gasteiger charge is -1.99. The van der Waals surface area contributed by atoms with Crippen molar-refractivity contribution in [1.29, 1.82) is 0 Å². The largest absolute Gasteiger partial charge is 0.231 e. The second kappa shape index (κ2) is 2.97. The van der Waals surface area contributed by atoms with E-state index >= 15 is 0 Å². The first-order valence-electron chi connectivity index (χ1n) is 3.65. The zero-order valence-corrected chi connectivity index (χ0v) is 8.74. The van der Waals surface area contributed by atoms with Gasteiger partial charge >= 0.3 is 0 Å². The number of rotatable bonds is 0. The van der Waals surface area contributed by atoms with Crippen molar-refractivity contribution in [3.05, 3.63) is 33.8 Å². The van der Waals surface area contributed by atoms with Crippen LogP contribution in [0.3, 0.4) is 0 Å². The van der Waals surface area contributed by atoms with Crippen molar-refractivity contribution in [2.75, 3.05) is 0 Å². The van der Waals surface area contributed by atoms with Crippen LogP contribution >= 0.6 is 22.6 Å². The zero-order chi connectivity index (χ0) is 8.55. The Morgan fingerprint density at radius 2 is 2.17 bits per heavy atom. The van der Waals surface area contributed by atoms with Gasteiger partial charge < -0.3 is 0 Å². The highest BCUT2D eigenvalue weighted by Crippen LogP contribution is 2.15. The van der Waals surface area contributed by atoms with Crippen molar-refractivity contribution in [3.63, 3.8) is 0 Å². The average Bonchev–Trinajstić information content (AvgIpc) is 2.04. The molecule has 0 aliphatic heterocycles. The fourth-order valence-electron chi connectivity index (χ4n) is 1.18. The van der Waals surface area contributed by atoms with Crippen molar-refractivity contribution in [2.45, 2.75) is 6.92 Å². The molecule has 0 saturated heterocycles. The topological polar surface area (TPSA) is 25.8 Å². The number of halogens is 1. The van der Waals surface area contributed by atoms with Gasteiger partial charge in [-0.2, -0.15) is 0 Å². The lowest BCUT2D eigenvalue weighted by atomic mass is 10.1. The van der Waals surface area contributed by atoms with Crippen LogP contribution in [0.15, 0.2) is 24.4 Å². The number of hydrogen-bond acceptors (Lipinski definition) is 2. The molecular formula is C9H7IN2. The van der Waals surface area contributed by atoms with Crippen LogP contribution in [0, 0.1) is 10.8 Å². The highest BCUT2D eigenvalue weighted by Gasteiger charge is 1.98. The standard InChI is InChI=1S/C9H7IN2/c1-6-3-2-4-8-7(6)5-11-9(10)12-8/h2-5H,1H3. The molecule has 1 aromatic heterocycles. The fraction of sp³-hybridized carbons (Fsp3) is 0.111. The average molecular weight is 270 g/mol. The molecule has 0 N–H and O–H groups in total. The second-order valence-corrected chi connectivity index (χ2v) is 3.61. The summed E-state index contributed by atoms with van der Waals surface area (Å²) in [5.74, 6) is 0. The highest BCUT2D eigenvalue weighted by molar-refractivity contribution is 14.1. The van der Waals surface area contributed by atoms with Gasteiger partial charge in [0, 0.05) is 34.2 Å². The van der Waals surface area contributed by atoms with Crippen LogP contribution in [0.5, 0.6) is 0 Å². The van der Waals surface area contributed by atoms with Gasteiger partial charge in [-0.15, -0.1) is 0 Å². The van der Waals surface area contributed by atoms with Crippen molar-refractivity contribution in [3.8, 4) is 0 Å². The maximum atomic E-state index is 4.31. The SMILES string of the molecule is Cc1cccc2nc(I)ncc12. The monoisotopic (exact) mass is 270 g/mol. The van der Waals surface area contributed by atoms with E-state index in [-0.39, 0.29) is 0 Å². The minimum Gasteiger partial charge on any atom is -0.231 e. The summed E-state index contributed by atoms with van der Waals surface area (Å²) < 4.78 is 0.797. The molecule has 0 unspecified atom stereocenters. The van der Waals surface area contributed by atoms with Crippen LogP contribution in [0.1, 0.15) is 5.56 Å². The molecule has 0 spiro atoms. The van der Waals surface area contributed by atoms with Crippen LogP contribution < -0.4 is 0 Å². The Balaban J connectivity index is 2.86. The van der Waals surface area contributed by atoms with E-state index in [2.05, 4.69) is 45.5 Å². The number of aromatic nitrogens is 2. The Hall–Kier alpha value is -0.710. The first kappa shape index (κ1) is 7.91. The fourth-order valence-corrected chi connectivity index (χ4v) is 1.58. The molecule has 0 radical (unpaired) electrons. The summed E-state index contributed by atoms with van der Waals surface area (Å²) in [7, 11) is 0. The van der Waals surface area contributed by atoms with Gasteiger partial charge in [0.25, 0.3) is 0 Å². The van der Waals surface area contributed by atoms with Gasteiger partial charge in [-0.3, -0.25) is 0 Å². The van der Waals surface area contributed by atoms with E-state index in [1.807, 2.05) is 18.3 Å². The van der Waals surface area contributed by atoms with Crippen LogP contribution in [0.25, 0.3) is 10.9 Å². The third-order valence-corrected chi connectivity index (χ3v) is 2.33. The smallest absolute Gasteiger partial charge is 0.191 e. The van der Waals surface area contributed by atoms with Crippen LogP contribution in [-0.2, 0) is 0 Å². The van der Waals surface area contributed by atoms with Crippen molar-refractivity contribution in [1.82, 2.24) is 9.97 Å². The van der Waals surface area contributed by atoms with Gasteiger partial charge in [-0.1, -0.05) is 12.1 Å². The predicted molar refractivity (Wildman–Crippen MR) is 57.0 cm³/mol. The van der Waals surface area contributed by atoms with Gasteiger partial charge in [-0.05, 0) is 18.6 Å². The molecule has 0 bridgehead atoms. The number of hydrogen-bond donors (Lipinski definition) is 0. The number of nitrogens with zero attached hydrogens (tertiary/aromatic N) is 2. The zero-order valence-electron chi connectivity index (χ0n) is 6.58. The van der Waals surface area contributed by atoms with Gasteiger partial charge in [0.1, 0.15) is 0 Å². The summed E-state index contributed by atoms with van der Waals surface area (Å²) in [6.07, 6.45) is 1.87. The lowest BCUT2D eigenvalue weighted by molar-refractivity contribution is 1.15. The molecule has 2 aromatic rings. The minimum atomic E-state index is 0.797. The molecule has 1 heterocycles. The Bertz CT molecular complexity index is 426. The van der Waals surface area contributed by atoms with Crippen LogP contribution in [-0.4, -0.2) is 9.97 Å². The number of aryl methyl sites for hydroxylation is 1. The van der Waals surface area contributed by atoms with E-state index in [0.717, 1.165) is 14.7 Å². The van der Waals surface area contributed by atoms with Gasteiger partial charge in [-0.25, -0.2) is 9.97 Å². The second-order valence-electron chi connectivity index (χ2n) is 2.65. The number of benzene rings is 1. The molecule has 1 aromatic carbocycles. The summed E-state index contributed by atoms with van der Waals surface area (Å²) in [6, 6.07) is 6.09. The number of fused-ring (bicyclic) bond motifs is 1. The van der Waals surface area contributed by atoms with E-state index in [1.165, 1.54) is 5.56 Å². The summed E-state index contributed by atoms with van der Waals surface area (Å²) in [4.78, 5) is 8.46. The minimum absolute atomic E-state index is 0.797. The normalized spacial score (nSPS) is 10.5. The maximum Gasteiger partial charge on any atom is 0.191 e. The van der Waals surface area contributed by atoms with Crippen molar-refractivity contribution in [2.24, 2.45) is 0 Å². The van der Waals surface area contributed by atoms with E-state index in [0.29, 0.717) is 0 Å². The third-order valence-electron chi connectivity index (χ3n) is 1.81. The molecule has 0 amide bonds. The molecule has 12 heavy (non-hydrogen) atoms. The summed E-state index contributed by atoms with van der Waals surface area (Å²) in [5.41, 5.74) is 2.25. The third kappa shape index (κ3) is 1.29. The molecule has 0 saturated carbocycles. The van der Waals surface area contributed by atoms with Crippen LogP contribution in [0.4, 0.5) is 0 Å². The van der Waals surface area contributed by atoms with Crippen molar-refractivity contribution < 1.29 is 0 Å². The first-order valence-corrected chi connectivity index (χ1v) is 4.73. The first-order chi connectivity index (χ1) is 5.77. The van der Waals surface area contributed by atoms with Gasteiger partial charge in [0.05, 0.1) is 5.52 Å².